The van der Waals surface area contributed by atoms with Gasteiger partial charge in [-0.2, -0.15) is 0 Å². The molecule has 2 aromatic rings. The molecule has 2 unspecified atom stereocenters. The molecule has 0 aromatic carbocycles. The number of rotatable bonds is 1. The molecule has 3 nitrogen and oxygen atoms in total. The molecule has 1 fully saturated rings. The highest BCUT2D eigenvalue weighted by Gasteiger charge is 2.29. The van der Waals surface area contributed by atoms with E-state index in [0.717, 1.165) is 16.0 Å². The summed E-state index contributed by atoms with van der Waals surface area (Å²) in [6, 6.07) is 4.56. The van der Waals surface area contributed by atoms with Gasteiger partial charge in [0.15, 0.2) is 0 Å². The van der Waals surface area contributed by atoms with Crippen molar-refractivity contribution in [2.24, 2.45) is 5.92 Å². The highest BCUT2D eigenvalue weighted by atomic mass is 79.9. The molecule has 2 atom stereocenters. The molecule has 0 saturated carbocycles. The summed E-state index contributed by atoms with van der Waals surface area (Å²) in [5, 5.41) is 0. The van der Waals surface area contributed by atoms with E-state index in [4.69, 9.17) is 4.98 Å². The predicted octanol–water partition coefficient (Wildman–Crippen LogP) is 3.11. The van der Waals surface area contributed by atoms with Gasteiger partial charge in [0.2, 0.25) is 0 Å². The van der Waals surface area contributed by atoms with Gasteiger partial charge in [-0.3, -0.25) is 4.90 Å². The lowest BCUT2D eigenvalue weighted by atomic mass is 10.1. The van der Waals surface area contributed by atoms with Crippen molar-refractivity contribution in [3.05, 3.63) is 34.7 Å². The molecule has 4 heteroatoms. The molecule has 0 aliphatic carbocycles. The van der Waals surface area contributed by atoms with E-state index >= 15 is 0 Å². The van der Waals surface area contributed by atoms with Gasteiger partial charge in [-0.1, -0.05) is 6.92 Å². The second-order valence-electron chi connectivity index (χ2n) is 5.07. The van der Waals surface area contributed by atoms with Crippen LogP contribution in [0.2, 0.25) is 0 Å². The zero-order valence-electron chi connectivity index (χ0n) is 10.1. The second-order valence-corrected chi connectivity index (χ2v) is 5.99. The Morgan fingerprint density at radius 1 is 1.35 bits per heavy atom. The lowest BCUT2D eigenvalue weighted by Gasteiger charge is -2.16. The Labute approximate surface area is 110 Å². The third kappa shape index (κ3) is 2.00. The lowest BCUT2D eigenvalue weighted by molar-refractivity contribution is 0.310. The van der Waals surface area contributed by atoms with Gasteiger partial charge < -0.3 is 4.40 Å². The third-order valence-corrected chi connectivity index (χ3v) is 4.00. The zero-order valence-corrected chi connectivity index (χ0v) is 11.7. The van der Waals surface area contributed by atoms with E-state index in [1.54, 1.807) is 0 Å². The molecule has 1 saturated heterocycles. The number of hydrogen-bond acceptors (Lipinski definition) is 2. The standard InChI is InChI=1S/C13H16BrN3/c1-9-5-12(16(2)6-9)11-8-17-7-10(14)3-4-13(17)15-11/h3-4,7-9,12H,5-6H2,1-2H3. The Kier molecular flexibility index (Phi) is 2.71. The topological polar surface area (TPSA) is 20.5 Å². The number of likely N-dealkylation sites (tertiary alicyclic amines) is 1. The summed E-state index contributed by atoms with van der Waals surface area (Å²) in [6.45, 7) is 3.48. The molecule has 0 spiro atoms. The monoisotopic (exact) mass is 293 g/mol. The molecule has 90 valence electrons. The van der Waals surface area contributed by atoms with Gasteiger partial charge in [-0.25, -0.2) is 4.98 Å². The average molecular weight is 294 g/mol. The lowest BCUT2D eigenvalue weighted by Crippen LogP contribution is -2.18. The fourth-order valence-corrected chi connectivity index (χ4v) is 3.10. The van der Waals surface area contributed by atoms with Crippen molar-refractivity contribution < 1.29 is 0 Å². The van der Waals surface area contributed by atoms with Crippen molar-refractivity contribution in [1.82, 2.24) is 14.3 Å². The maximum atomic E-state index is 4.72. The summed E-state index contributed by atoms with van der Waals surface area (Å²) in [5.74, 6) is 0.765. The smallest absolute Gasteiger partial charge is 0.137 e. The number of aromatic nitrogens is 2. The fourth-order valence-electron chi connectivity index (χ4n) is 2.75. The van der Waals surface area contributed by atoms with Crippen molar-refractivity contribution in [2.75, 3.05) is 13.6 Å². The highest BCUT2D eigenvalue weighted by Crippen LogP contribution is 2.33. The Balaban J connectivity index is 2.01. The first kappa shape index (κ1) is 11.2. The fraction of sp³-hybridized carbons (Fsp3) is 0.462. The van der Waals surface area contributed by atoms with Crippen molar-refractivity contribution in [3.63, 3.8) is 0 Å². The number of pyridine rings is 1. The number of halogens is 1. The van der Waals surface area contributed by atoms with Crippen LogP contribution in [-0.4, -0.2) is 27.9 Å². The van der Waals surface area contributed by atoms with Crippen LogP contribution in [0.15, 0.2) is 29.0 Å². The van der Waals surface area contributed by atoms with Gasteiger partial charge in [0.25, 0.3) is 0 Å². The maximum absolute atomic E-state index is 4.72. The number of hydrogen-bond donors (Lipinski definition) is 0. The quantitative estimate of drug-likeness (QED) is 0.805. The molecule has 0 bridgehead atoms. The Morgan fingerprint density at radius 3 is 2.88 bits per heavy atom. The van der Waals surface area contributed by atoms with Gasteiger partial charge in [-0.05, 0) is 47.4 Å². The molecule has 1 aliphatic heterocycles. The van der Waals surface area contributed by atoms with Crippen LogP contribution >= 0.6 is 15.9 Å². The Hall–Kier alpha value is -0.870. The van der Waals surface area contributed by atoms with Gasteiger partial charge in [0.1, 0.15) is 5.65 Å². The molecule has 3 heterocycles. The zero-order chi connectivity index (χ0) is 12.0. The molecule has 2 aromatic heterocycles. The number of fused-ring (bicyclic) bond motifs is 1. The summed E-state index contributed by atoms with van der Waals surface area (Å²) in [6.07, 6.45) is 5.42. The summed E-state index contributed by atoms with van der Waals surface area (Å²) >= 11 is 3.49. The van der Waals surface area contributed by atoms with Gasteiger partial charge >= 0.3 is 0 Å². The summed E-state index contributed by atoms with van der Waals surface area (Å²) in [5.41, 5.74) is 2.21. The Bertz CT molecular complexity index is 549. The molecule has 0 amide bonds. The van der Waals surface area contributed by atoms with Crippen LogP contribution in [0.4, 0.5) is 0 Å². The van der Waals surface area contributed by atoms with Crippen LogP contribution in [0.1, 0.15) is 25.1 Å². The molecular weight excluding hydrogens is 278 g/mol. The van der Waals surface area contributed by atoms with Crippen molar-refractivity contribution in [2.45, 2.75) is 19.4 Å². The van der Waals surface area contributed by atoms with Gasteiger partial charge in [0, 0.05) is 23.4 Å². The van der Waals surface area contributed by atoms with Crippen LogP contribution in [0, 0.1) is 5.92 Å². The number of imidazole rings is 1. The molecule has 0 N–H and O–H groups in total. The molecule has 3 rings (SSSR count). The summed E-state index contributed by atoms with van der Waals surface area (Å²) in [7, 11) is 2.19. The minimum Gasteiger partial charge on any atom is -0.306 e. The predicted molar refractivity (Wildman–Crippen MR) is 72.0 cm³/mol. The highest BCUT2D eigenvalue weighted by molar-refractivity contribution is 9.10. The molecular formula is C13H16BrN3. The van der Waals surface area contributed by atoms with Gasteiger partial charge in [0.05, 0.1) is 11.7 Å². The van der Waals surface area contributed by atoms with Crippen LogP contribution < -0.4 is 0 Å². The van der Waals surface area contributed by atoms with E-state index in [-0.39, 0.29) is 0 Å². The first-order valence-corrected chi connectivity index (χ1v) is 6.77. The average Bonchev–Trinajstić information content (AvgIpc) is 2.80. The van der Waals surface area contributed by atoms with Crippen LogP contribution in [0.3, 0.4) is 0 Å². The van der Waals surface area contributed by atoms with Crippen LogP contribution in [0.25, 0.3) is 5.65 Å². The SMILES string of the molecule is CC1CC(c2cn3cc(Br)ccc3n2)N(C)C1. The largest absolute Gasteiger partial charge is 0.306 e. The Morgan fingerprint density at radius 2 is 2.18 bits per heavy atom. The first-order chi connectivity index (χ1) is 8.13. The van der Waals surface area contributed by atoms with E-state index in [2.05, 4.69) is 51.6 Å². The molecule has 17 heavy (non-hydrogen) atoms. The number of nitrogens with zero attached hydrogens (tertiary/aromatic N) is 3. The van der Waals surface area contributed by atoms with E-state index in [1.807, 2.05) is 12.1 Å². The molecule has 1 aliphatic rings. The summed E-state index contributed by atoms with van der Waals surface area (Å²) < 4.78 is 3.18. The van der Waals surface area contributed by atoms with Crippen LogP contribution in [0.5, 0.6) is 0 Å². The van der Waals surface area contributed by atoms with Gasteiger partial charge in [-0.15, -0.1) is 0 Å². The normalized spacial score (nSPS) is 25.8. The third-order valence-electron chi connectivity index (χ3n) is 3.53. The minimum absolute atomic E-state index is 0.476. The second kappa shape index (κ2) is 4.10. The minimum atomic E-state index is 0.476. The van der Waals surface area contributed by atoms with Crippen molar-refractivity contribution in [1.29, 1.82) is 0 Å². The van der Waals surface area contributed by atoms with E-state index in [9.17, 15) is 0 Å². The van der Waals surface area contributed by atoms with E-state index in [1.165, 1.54) is 18.7 Å². The van der Waals surface area contributed by atoms with Crippen molar-refractivity contribution in [3.8, 4) is 0 Å². The maximum Gasteiger partial charge on any atom is 0.137 e. The first-order valence-electron chi connectivity index (χ1n) is 5.98. The van der Waals surface area contributed by atoms with Crippen molar-refractivity contribution >= 4 is 21.6 Å². The van der Waals surface area contributed by atoms with E-state index in [0.29, 0.717) is 6.04 Å². The van der Waals surface area contributed by atoms with E-state index < -0.39 is 0 Å². The molecule has 0 radical (unpaired) electrons. The van der Waals surface area contributed by atoms with Crippen LogP contribution in [-0.2, 0) is 0 Å². The summed E-state index contributed by atoms with van der Waals surface area (Å²) in [4.78, 5) is 7.13.